The van der Waals surface area contributed by atoms with Gasteiger partial charge in [0, 0.05) is 36.8 Å². The number of urea groups is 1. The highest BCUT2D eigenvalue weighted by Gasteiger charge is 2.30. The highest BCUT2D eigenvalue weighted by atomic mass is 35.5. The third kappa shape index (κ3) is 5.00. The second-order valence-corrected chi connectivity index (χ2v) is 9.04. The van der Waals surface area contributed by atoms with Gasteiger partial charge in [-0.25, -0.2) is 4.79 Å². The Kier molecular flexibility index (Phi) is 6.51. The summed E-state index contributed by atoms with van der Waals surface area (Å²) in [6.45, 7) is 4.80. The number of amides is 2. The van der Waals surface area contributed by atoms with Crippen molar-refractivity contribution in [2.24, 2.45) is 0 Å². The summed E-state index contributed by atoms with van der Waals surface area (Å²) in [4.78, 5) is 20.0. The summed E-state index contributed by atoms with van der Waals surface area (Å²) in [6, 6.07) is 23.9. The summed E-state index contributed by atoms with van der Waals surface area (Å²) in [5, 5.41) is 0.587. The van der Waals surface area contributed by atoms with Crippen LogP contribution in [-0.2, 0) is 13.0 Å². The molecule has 0 spiro atoms. The maximum Gasteiger partial charge on any atom is 0.324 e. The van der Waals surface area contributed by atoms with Crippen LogP contribution in [-0.4, -0.2) is 48.6 Å². The van der Waals surface area contributed by atoms with Gasteiger partial charge in [-0.15, -0.1) is 0 Å². The third-order valence-corrected chi connectivity index (χ3v) is 6.62. The van der Waals surface area contributed by atoms with Gasteiger partial charge < -0.3 is 14.5 Å². The van der Waals surface area contributed by atoms with E-state index in [-0.39, 0.29) is 6.03 Å². The largest absolute Gasteiger partial charge is 0.455 e. The van der Waals surface area contributed by atoms with Crippen LogP contribution in [0.25, 0.3) is 0 Å². The van der Waals surface area contributed by atoms with Gasteiger partial charge in [-0.2, -0.15) is 0 Å². The molecule has 3 aromatic carbocycles. The van der Waals surface area contributed by atoms with Gasteiger partial charge in [-0.05, 0) is 49.2 Å². The van der Waals surface area contributed by atoms with Gasteiger partial charge in [0.05, 0.1) is 12.2 Å². The highest BCUT2D eigenvalue weighted by Crippen LogP contribution is 2.40. The standard InChI is InChI=1S/C27H28ClN3O2/c28-23-11-12-26-24(19-23)31(20-22-9-4-5-10-25(22)33-26)27(32)30-15-6-14-29(17-18-30)16-13-21-7-2-1-3-8-21/h1-5,7-12,19H,6,13-18,20H2. The Morgan fingerprint density at radius 2 is 1.70 bits per heavy atom. The maximum absolute atomic E-state index is 13.8. The van der Waals surface area contributed by atoms with Crippen LogP contribution in [0.4, 0.5) is 10.5 Å². The predicted octanol–water partition coefficient (Wildman–Crippen LogP) is 5.82. The zero-order valence-corrected chi connectivity index (χ0v) is 19.4. The minimum atomic E-state index is 0.00345. The van der Waals surface area contributed by atoms with Gasteiger partial charge in [-0.3, -0.25) is 4.90 Å². The van der Waals surface area contributed by atoms with E-state index in [1.54, 1.807) is 6.07 Å². The Labute approximate surface area is 200 Å². The summed E-state index contributed by atoms with van der Waals surface area (Å²) in [7, 11) is 0. The molecule has 0 radical (unpaired) electrons. The molecule has 0 atom stereocenters. The minimum absolute atomic E-state index is 0.00345. The van der Waals surface area contributed by atoms with E-state index >= 15 is 0 Å². The van der Waals surface area contributed by atoms with Gasteiger partial charge in [0.15, 0.2) is 5.75 Å². The van der Waals surface area contributed by atoms with Crippen LogP contribution < -0.4 is 9.64 Å². The molecule has 2 aliphatic heterocycles. The highest BCUT2D eigenvalue weighted by molar-refractivity contribution is 6.31. The van der Waals surface area contributed by atoms with Crippen LogP contribution in [0.1, 0.15) is 17.5 Å². The number of hydrogen-bond donors (Lipinski definition) is 0. The normalized spacial score (nSPS) is 16.3. The molecule has 5 nitrogen and oxygen atoms in total. The van der Waals surface area contributed by atoms with E-state index in [0.29, 0.717) is 29.5 Å². The van der Waals surface area contributed by atoms with Crippen molar-refractivity contribution in [1.29, 1.82) is 0 Å². The van der Waals surface area contributed by atoms with E-state index in [1.807, 2.05) is 46.2 Å². The van der Waals surface area contributed by atoms with Crippen molar-refractivity contribution >= 4 is 23.3 Å². The number of anilines is 1. The SMILES string of the molecule is O=C(N1CCCN(CCc2ccccc2)CC1)N1Cc2ccccc2Oc2ccc(Cl)cc21. The molecule has 1 saturated heterocycles. The molecule has 0 bridgehead atoms. The average molecular weight is 462 g/mol. The van der Waals surface area contributed by atoms with Crippen molar-refractivity contribution in [2.75, 3.05) is 37.6 Å². The molecular formula is C27H28ClN3O2. The van der Waals surface area contributed by atoms with E-state index in [0.717, 1.165) is 50.3 Å². The number of rotatable bonds is 3. The molecule has 33 heavy (non-hydrogen) atoms. The Hall–Kier alpha value is -3.02. The number of halogens is 1. The molecule has 6 heteroatoms. The Balaban J connectivity index is 1.31. The second kappa shape index (κ2) is 9.86. The number of ether oxygens (including phenoxy) is 1. The fraction of sp³-hybridized carbons (Fsp3) is 0.296. The van der Waals surface area contributed by atoms with Crippen molar-refractivity contribution in [3.05, 3.63) is 88.9 Å². The number of fused-ring (bicyclic) bond motifs is 2. The molecule has 2 amide bonds. The summed E-state index contributed by atoms with van der Waals surface area (Å²) in [5.74, 6) is 1.43. The molecule has 0 unspecified atom stereocenters. The monoisotopic (exact) mass is 461 g/mol. The molecule has 0 N–H and O–H groups in total. The Morgan fingerprint density at radius 1 is 0.879 bits per heavy atom. The van der Waals surface area contributed by atoms with Crippen molar-refractivity contribution in [2.45, 2.75) is 19.4 Å². The topological polar surface area (TPSA) is 36.0 Å². The number of carbonyl (C=O) groups is 1. The number of benzene rings is 3. The summed E-state index contributed by atoms with van der Waals surface area (Å²) < 4.78 is 6.16. The van der Waals surface area contributed by atoms with E-state index < -0.39 is 0 Å². The first-order valence-corrected chi connectivity index (χ1v) is 11.9. The molecule has 2 heterocycles. The van der Waals surface area contributed by atoms with E-state index in [1.165, 1.54) is 5.56 Å². The van der Waals surface area contributed by atoms with Gasteiger partial charge in [-0.1, -0.05) is 60.1 Å². The molecule has 170 valence electrons. The van der Waals surface area contributed by atoms with Crippen molar-refractivity contribution in [1.82, 2.24) is 9.80 Å². The van der Waals surface area contributed by atoms with Crippen LogP contribution >= 0.6 is 11.6 Å². The molecule has 1 fully saturated rings. The molecule has 0 saturated carbocycles. The predicted molar refractivity (Wildman–Crippen MR) is 132 cm³/mol. The zero-order valence-electron chi connectivity index (χ0n) is 18.6. The van der Waals surface area contributed by atoms with Crippen LogP contribution in [0.2, 0.25) is 5.02 Å². The quantitative estimate of drug-likeness (QED) is 0.493. The lowest BCUT2D eigenvalue weighted by molar-refractivity contribution is 0.204. The first-order valence-electron chi connectivity index (χ1n) is 11.6. The molecule has 0 aliphatic carbocycles. The minimum Gasteiger partial charge on any atom is -0.455 e. The summed E-state index contributed by atoms with van der Waals surface area (Å²) in [5.41, 5.74) is 3.05. The number of hydrogen-bond acceptors (Lipinski definition) is 3. The number of carbonyl (C=O) groups excluding carboxylic acids is 1. The van der Waals surface area contributed by atoms with Gasteiger partial charge >= 0.3 is 6.03 Å². The first-order chi connectivity index (χ1) is 16.2. The molecule has 3 aromatic rings. The Bertz CT molecular complexity index is 1120. The van der Waals surface area contributed by atoms with Crippen LogP contribution in [0.3, 0.4) is 0 Å². The zero-order chi connectivity index (χ0) is 22.6. The molecule has 0 aromatic heterocycles. The van der Waals surface area contributed by atoms with Crippen LogP contribution in [0, 0.1) is 0 Å². The Morgan fingerprint density at radius 3 is 2.58 bits per heavy atom. The van der Waals surface area contributed by atoms with Crippen LogP contribution in [0.5, 0.6) is 11.5 Å². The van der Waals surface area contributed by atoms with Crippen LogP contribution in [0.15, 0.2) is 72.8 Å². The lowest BCUT2D eigenvalue weighted by Gasteiger charge is -2.30. The maximum atomic E-state index is 13.8. The molecule has 2 aliphatic rings. The molecular weight excluding hydrogens is 434 g/mol. The fourth-order valence-electron chi connectivity index (χ4n) is 4.55. The number of nitrogens with zero attached hydrogens (tertiary/aromatic N) is 3. The lowest BCUT2D eigenvalue weighted by Crippen LogP contribution is -2.44. The third-order valence-electron chi connectivity index (χ3n) is 6.38. The number of para-hydroxylation sites is 1. The average Bonchev–Trinajstić information content (AvgIpc) is 3.18. The van der Waals surface area contributed by atoms with Crippen molar-refractivity contribution < 1.29 is 9.53 Å². The van der Waals surface area contributed by atoms with Gasteiger partial charge in [0.2, 0.25) is 0 Å². The van der Waals surface area contributed by atoms with Gasteiger partial charge in [0.25, 0.3) is 0 Å². The van der Waals surface area contributed by atoms with E-state index in [9.17, 15) is 4.79 Å². The van der Waals surface area contributed by atoms with E-state index in [4.69, 9.17) is 16.3 Å². The second-order valence-electron chi connectivity index (χ2n) is 8.61. The van der Waals surface area contributed by atoms with Crippen molar-refractivity contribution in [3.63, 3.8) is 0 Å². The van der Waals surface area contributed by atoms with E-state index in [2.05, 4.69) is 35.2 Å². The smallest absolute Gasteiger partial charge is 0.324 e. The molecule has 5 rings (SSSR count). The summed E-state index contributed by atoms with van der Waals surface area (Å²) >= 11 is 6.31. The fourth-order valence-corrected chi connectivity index (χ4v) is 4.72. The summed E-state index contributed by atoms with van der Waals surface area (Å²) in [6.07, 6.45) is 1.99. The lowest BCUT2D eigenvalue weighted by atomic mass is 10.1. The van der Waals surface area contributed by atoms with Crippen molar-refractivity contribution in [3.8, 4) is 11.5 Å². The first kappa shape index (κ1) is 21.8. The van der Waals surface area contributed by atoms with Gasteiger partial charge in [0.1, 0.15) is 5.75 Å².